The van der Waals surface area contributed by atoms with Gasteiger partial charge in [-0.2, -0.15) is 9.57 Å². The van der Waals surface area contributed by atoms with E-state index >= 15 is 0 Å². The molecule has 0 saturated carbocycles. The van der Waals surface area contributed by atoms with Crippen LogP contribution in [0.25, 0.3) is 0 Å². The molecule has 0 unspecified atom stereocenters. The van der Waals surface area contributed by atoms with Crippen LogP contribution in [0.4, 0.5) is 10.2 Å². The van der Waals surface area contributed by atoms with E-state index in [1.54, 1.807) is 19.1 Å². The van der Waals surface area contributed by atoms with Gasteiger partial charge in [0.25, 0.3) is 0 Å². The number of piperazine rings is 1. The smallest absolute Gasteiger partial charge is 0.243 e. The maximum absolute atomic E-state index is 13.4. The van der Waals surface area contributed by atoms with E-state index in [0.717, 1.165) is 0 Å². The highest BCUT2D eigenvalue weighted by Crippen LogP contribution is 2.21. The maximum atomic E-state index is 13.4. The second-order valence-electron chi connectivity index (χ2n) is 5.82. The normalized spacial score (nSPS) is 15.8. The molecule has 6 nitrogen and oxygen atoms in total. The Labute approximate surface area is 146 Å². The number of sulfonamides is 1. The second kappa shape index (κ2) is 6.78. The van der Waals surface area contributed by atoms with Crippen LogP contribution in [-0.4, -0.2) is 43.9 Å². The van der Waals surface area contributed by atoms with Crippen LogP contribution in [-0.2, 0) is 10.0 Å². The molecule has 130 valence electrons. The van der Waals surface area contributed by atoms with E-state index in [0.29, 0.717) is 43.1 Å². The van der Waals surface area contributed by atoms with Crippen LogP contribution in [0.3, 0.4) is 0 Å². The lowest BCUT2D eigenvalue weighted by Crippen LogP contribution is -2.48. The number of aromatic nitrogens is 1. The molecule has 25 heavy (non-hydrogen) atoms. The molecule has 1 aromatic carbocycles. The highest BCUT2D eigenvalue weighted by molar-refractivity contribution is 7.89. The molecule has 8 heteroatoms. The molecular formula is C17H17FN4O2S. The average Bonchev–Trinajstić information content (AvgIpc) is 2.64. The van der Waals surface area contributed by atoms with Crippen LogP contribution < -0.4 is 4.90 Å². The van der Waals surface area contributed by atoms with Crippen LogP contribution in [0.5, 0.6) is 0 Å². The number of benzene rings is 1. The highest BCUT2D eigenvalue weighted by atomic mass is 32.2. The Morgan fingerprint density at radius 1 is 1.16 bits per heavy atom. The Hall–Kier alpha value is -2.50. The van der Waals surface area contributed by atoms with Crippen molar-refractivity contribution in [1.29, 1.82) is 5.26 Å². The monoisotopic (exact) mass is 360 g/mol. The molecule has 1 aliphatic heterocycles. The van der Waals surface area contributed by atoms with Crippen LogP contribution in [0.1, 0.15) is 11.1 Å². The zero-order valence-electron chi connectivity index (χ0n) is 13.7. The van der Waals surface area contributed by atoms with Gasteiger partial charge in [-0.3, -0.25) is 0 Å². The third-order valence-electron chi connectivity index (χ3n) is 4.21. The molecule has 0 spiro atoms. The third kappa shape index (κ3) is 3.48. The minimum Gasteiger partial charge on any atom is -0.354 e. The molecule has 0 N–H and O–H groups in total. The van der Waals surface area contributed by atoms with Gasteiger partial charge in [0.2, 0.25) is 10.0 Å². The molecule has 2 aromatic rings. The number of hydrogen-bond acceptors (Lipinski definition) is 5. The van der Waals surface area contributed by atoms with Crippen molar-refractivity contribution in [3.05, 3.63) is 53.5 Å². The number of rotatable bonds is 3. The van der Waals surface area contributed by atoms with Gasteiger partial charge in [-0.1, -0.05) is 0 Å². The Morgan fingerprint density at radius 3 is 2.44 bits per heavy atom. The summed E-state index contributed by atoms with van der Waals surface area (Å²) in [5, 5.41) is 8.81. The van der Waals surface area contributed by atoms with Crippen molar-refractivity contribution < 1.29 is 12.8 Å². The van der Waals surface area contributed by atoms with Crippen LogP contribution >= 0.6 is 0 Å². The number of nitriles is 1. The van der Waals surface area contributed by atoms with Gasteiger partial charge < -0.3 is 4.90 Å². The molecule has 1 saturated heterocycles. The lowest BCUT2D eigenvalue weighted by Gasteiger charge is -2.34. The topological polar surface area (TPSA) is 77.3 Å². The fraction of sp³-hybridized carbons (Fsp3) is 0.294. The predicted octanol–water partition coefficient (Wildman–Crippen LogP) is 1.91. The van der Waals surface area contributed by atoms with E-state index in [-0.39, 0.29) is 4.90 Å². The highest BCUT2D eigenvalue weighted by Gasteiger charge is 2.29. The van der Waals surface area contributed by atoms with Crippen molar-refractivity contribution in [2.24, 2.45) is 0 Å². The maximum Gasteiger partial charge on any atom is 0.243 e. The first kappa shape index (κ1) is 17.3. The first-order valence-corrected chi connectivity index (χ1v) is 9.23. The summed E-state index contributed by atoms with van der Waals surface area (Å²) in [7, 11) is -3.64. The predicted molar refractivity (Wildman–Crippen MR) is 91.1 cm³/mol. The molecule has 2 heterocycles. The van der Waals surface area contributed by atoms with Gasteiger partial charge in [-0.25, -0.2) is 17.8 Å². The summed E-state index contributed by atoms with van der Waals surface area (Å²) in [5.74, 6) is 0.296. The number of halogens is 1. The SMILES string of the molecule is Cc1cc(S(=O)(=O)N2CCN(c3ccc(C#N)cn3)CC2)ccc1F. The van der Waals surface area contributed by atoms with E-state index in [9.17, 15) is 12.8 Å². The lowest BCUT2D eigenvalue weighted by molar-refractivity contribution is 0.383. The molecule has 1 aliphatic rings. The van der Waals surface area contributed by atoms with Crippen LogP contribution in [0.2, 0.25) is 0 Å². The fourth-order valence-electron chi connectivity index (χ4n) is 2.72. The van der Waals surface area contributed by atoms with E-state index in [1.165, 1.54) is 28.7 Å². The molecular weight excluding hydrogens is 343 g/mol. The van der Waals surface area contributed by atoms with E-state index in [2.05, 4.69) is 4.98 Å². The van der Waals surface area contributed by atoms with Crippen molar-refractivity contribution in [1.82, 2.24) is 9.29 Å². The number of hydrogen-bond donors (Lipinski definition) is 0. The molecule has 0 bridgehead atoms. The van der Waals surface area contributed by atoms with Crippen molar-refractivity contribution in [2.75, 3.05) is 31.1 Å². The number of anilines is 1. The summed E-state index contributed by atoms with van der Waals surface area (Å²) in [4.78, 5) is 6.32. The first-order valence-electron chi connectivity index (χ1n) is 7.79. The number of aryl methyl sites for hydroxylation is 1. The van der Waals surface area contributed by atoms with Crippen LogP contribution in [0.15, 0.2) is 41.4 Å². The van der Waals surface area contributed by atoms with Gasteiger partial charge in [0.05, 0.1) is 10.5 Å². The standard InChI is InChI=1S/C17H17FN4O2S/c1-13-10-15(3-4-16(13)18)25(23,24)22-8-6-21(7-9-22)17-5-2-14(11-19)12-20-17/h2-5,10,12H,6-9H2,1H3. The first-order chi connectivity index (χ1) is 11.9. The Kier molecular flexibility index (Phi) is 4.70. The Bertz CT molecular complexity index is 915. The van der Waals surface area contributed by atoms with E-state index in [1.807, 2.05) is 11.0 Å². The Balaban J connectivity index is 1.72. The van der Waals surface area contributed by atoms with Crippen molar-refractivity contribution >= 4 is 15.8 Å². The average molecular weight is 360 g/mol. The van der Waals surface area contributed by atoms with Gasteiger partial charge in [0, 0.05) is 32.4 Å². The quantitative estimate of drug-likeness (QED) is 0.836. The largest absolute Gasteiger partial charge is 0.354 e. The van der Waals surface area contributed by atoms with Gasteiger partial charge >= 0.3 is 0 Å². The molecule has 0 atom stereocenters. The van der Waals surface area contributed by atoms with Gasteiger partial charge in [-0.15, -0.1) is 0 Å². The molecule has 3 rings (SSSR count). The summed E-state index contributed by atoms with van der Waals surface area (Å²) in [6.07, 6.45) is 1.50. The summed E-state index contributed by atoms with van der Waals surface area (Å²) in [6.45, 7) is 3.18. The van der Waals surface area contributed by atoms with Crippen molar-refractivity contribution in [2.45, 2.75) is 11.8 Å². The number of nitrogens with zero attached hydrogens (tertiary/aromatic N) is 4. The summed E-state index contributed by atoms with van der Waals surface area (Å²) >= 11 is 0. The molecule has 1 aromatic heterocycles. The zero-order chi connectivity index (χ0) is 18.0. The minimum absolute atomic E-state index is 0.108. The third-order valence-corrected chi connectivity index (χ3v) is 6.10. The van der Waals surface area contributed by atoms with Crippen molar-refractivity contribution in [3.8, 4) is 6.07 Å². The van der Waals surface area contributed by atoms with Gasteiger partial charge in [0.1, 0.15) is 17.7 Å². The van der Waals surface area contributed by atoms with Gasteiger partial charge in [0.15, 0.2) is 0 Å². The van der Waals surface area contributed by atoms with Crippen molar-refractivity contribution in [3.63, 3.8) is 0 Å². The second-order valence-corrected chi connectivity index (χ2v) is 7.76. The molecule has 1 fully saturated rings. The summed E-state index contributed by atoms with van der Waals surface area (Å²) in [6, 6.07) is 9.30. The number of pyridine rings is 1. The molecule has 0 aliphatic carbocycles. The minimum atomic E-state index is -3.64. The lowest BCUT2D eigenvalue weighted by atomic mass is 10.2. The summed E-state index contributed by atoms with van der Waals surface area (Å²) in [5.41, 5.74) is 0.790. The molecule has 0 radical (unpaired) electrons. The van der Waals surface area contributed by atoms with Gasteiger partial charge in [-0.05, 0) is 42.8 Å². The van der Waals surface area contributed by atoms with E-state index in [4.69, 9.17) is 5.26 Å². The summed E-state index contributed by atoms with van der Waals surface area (Å²) < 4.78 is 40.2. The van der Waals surface area contributed by atoms with Crippen LogP contribution in [0, 0.1) is 24.1 Å². The fourth-order valence-corrected chi connectivity index (χ4v) is 4.23. The Morgan fingerprint density at radius 2 is 1.88 bits per heavy atom. The van der Waals surface area contributed by atoms with E-state index < -0.39 is 15.8 Å². The molecule has 0 amide bonds. The zero-order valence-corrected chi connectivity index (χ0v) is 14.5.